The fourth-order valence-corrected chi connectivity index (χ4v) is 0.815. The summed E-state index contributed by atoms with van der Waals surface area (Å²) in [6, 6.07) is 0. The van der Waals surface area contributed by atoms with Crippen molar-refractivity contribution in [2.45, 2.75) is 19.1 Å². The van der Waals surface area contributed by atoms with E-state index in [1.54, 1.807) is 0 Å². The molecule has 1 unspecified atom stereocenters. The summed E-state index contributed by atoms with van der Waals surface area (Å²) < 4.78 is 1.19. The molecule has 0 aliphatic carbocycles. The number of aromatic nitrogens is 3. The minimum atomic E-state index is -1.44. The van der Waals surface area contributed by atoms with Crippen LogP contribution in [0.25, 0.3) is 0 Å². The molecule has 1 heterocycles. The summed E-state index contributed by atoms with van der Waals surface area (Å²) in [6.45, 7) is 0.128. The molecule has 3 N–H and O–H groups in total. The molecule has 0 aromatic carbocycles. The number of aliphatic hydroxyl groups excluding tert-OH is 1. The monoisotopic (exact) mass is 187 g/mol. The van der Waals surface area contributed by atoms with Gasteiger partial charge in [0.1, 0.15) is 6.33 Å². The molecule has 0 aliphatic rings. The van der Waals surface area contributed by atoms with E-state index in [-0.39, 0.29) is 13.0 Å². The van der Waals surface area contributed by atoms with Crippen LogP contribution >= 0.6 is 0 Å². The number of aromatic amines is 1. The highest BCUT2D eigenvalue weighted by Crippen LogP contribution is 1.93. The van der Waals surface area contributed by atoms with E-state index in [4.69, 9.17) is 10.2 Å². The van der Waals surface area contributed by atoms with Crippen molar-refractivity contribution in [3.8, 4) is 0 Å². The van der Waals surface area contributed by atoms with Crippen molar-refractivity contribution in [1.82, 2.24) is 14.8 Å². The molecule has 1 aromatic rings. The van der Waals surface area contributed by atoms with Crippen LogP contribution in [0.15, 0.2) is 11.1 Å². The number of nitrogens with zero attached hydrogens (tertiary/aromatic N) is 2. The first-order valence-corrected chi connectivity index (χ1v) is 3.62. The van der Waals surface area contributed by atoms with Crippen LogP contribution < -0.4 is 5.69 Å². The Morgan fingerprint density at radius 3 is 2.92 bits per heavy atom. The molecule has 0 spiro atoms. The Morgan fingerprint density at radius 1 is 1.77 bits per heavy atom. The van der Waals surface area contributed by atoms with Gasteiger partial charge in [-0.1, -0.05) is 0 Å². The Bertz CT molecular complexity index is 342. The highest BCUT2D eigenvalue weighted by atomic mass is 16.4. The van der Waals surface area contributed by atoms with Gasteiger partial charge in [0.15, 0.2) is 6.10 Å². The van der Waals surface area contributed by atoms with Gasteiger partial charge in [0.25, 0.3) is 0 Å². The fourth-order valence-electron chi connectivity index (χ4n) is 0.815. The number of hydrogen-bond donors (Lipinski definition) is 3. The third-order valence-electron chi connectivity index (χ3n) is 1.55. The number of carboxylic acids is 1. The van der Waals surface area contributed by atoms with Crippen molar-refractivity contribution in [3.05, 3.63) is 16.8 Å². The molecule has 7 nitrogen and oxygen atoms in total. The van der Waals surface area contributed by atoms with E-state index in [2.05, 4.69) is 10.2 Å². The summed E-state index contributed by atoms with van der Waals surface area (Å²) in [5.74, 6) is -1.29. The zero-order valence-electron chi connectivity index (χ0n) is 6.67. The van der Waals surface area contributed by atoms with Crippen LogP contribution in [0, 0.1) is 0 Å². The summed E-state index contributed by atoms with van der Waals surface area (Å²) in [4.78, 5) is 21.0. The van der Waals surface area contributed by atoms with E-state index >= 15 is 0 Å². The summed E-state index contributed by atoms with van der Waals surface area (Å²) >= 11 is 0. The number of H-pyrrole nitrogens is 1. The molecule has 0 aliphatic heterocycles. The van der Waals surface area contributed by atoms with Crippen LogP contribution in [0.4, 0.5) is 0 Å². The molecule has 0 amide bonds. The lowest BCUT2D eigenvalue weighted by atomic mass is 10.2. The normalized spacial score (nSPS) is 12.7. The second kappa shape index (κ2) is 3.85. The average molecular weight is 187 g/mol. The molecule has 7 heteroatoms. The van der Waals surface area contributed by atoms with Gasteiger partial charge >= 0.3 is 11.7 Å². The topological polar surface area (TPSA) is 108 Å². The summed E-state index contributed by atoms with van der Waals surface area (Å²) in [5, 5.41) is 22.8. The van der Waals surface area contributed by atoms with E-state index < -0.39 is 17.8 Å². The smallest absolute Gasteiger partial charge is 0.343 e. The first kappa shape index (κ1) is 9.46. The van der Waals surface area contributed by atoms with Crippen LogP contribution in [0.3, 0.4) is 0 Å². The number of rotatable bonds is 4. The number of hydrogen-bond acceptors (Lipinski definition) is 4. The highest BCUT2D eigenvalue weighted by molar-refractivity contribution is 5.71. The Kier molecular flexibility index (Phi) is 2.80. The Hall–Kier alpha value is -1.63. The molecule has 72 valence electrons. The van der Waals surface area contributed by atoms with Gasteiger partial charge in [-0.2, -0.15) is 5.10 Å². The molecule has 1 rings (SSSR count). The first-order valence-electron chi connectivity index (χ1n) is 3.62. The molecule has 1 atom stereocenters. The lowest BCUT2D eigenvalue weighted by molar-refractivity contribution is -0.147. The second-order valence-corrected chi connectivity index (χ2v) is 2.50. The predicted molar refractivity (Wildman–Crippen MR) is 41.1 cm³/mol. The Morgan fingerprint density at radius 2 is 2.46 bits per heavy atom. The summed E-state index contributed by atoms with van der Waals surface area (Å²) in [6.07, 6.45) is -0.215. The molecule has 0 saturated carbocycles. The number of aliphatic carboxylic acids is 1. The molecule has 1 aromatic heterocycles. The van der Waals surface area contributed by atoms with E-state index in [9.17, 15) is 9.59 Å². The molecule has 13 heavy (non-hydrogen) atoms. The maximum absolute atomic E-state index is 10.8. The molecule has 0 saturated heterocycles. The van der Waals surface area contributed by atoms with Crippen molar-refractivity contribution in [3.63, 3.8) is 0 Å². The Balaban J connectivity index is 2.48. The standard InChI is InChI=1S/C6H9N3O4/c10-4(5(11)12)1-2-9-3-7-8-6(9)13/h3-4,10H,1-2H2,(H,8,13)(H,11,12). The lowest BCUT2D eigenvalue weighted by Gasteiger charge is -2.03. The van der Waals surface area contributed by atoms with Crippen LogP contribution in [0.1, 0.15) is 6.42 Å². The van der Waals surface area contributed by atoms with Crippen molar-refractivity contribution in [2.24, 2.45) is 0 Å². The first-order chi connectivity index (χ1) is 6.11. The Labute approximate surface area is 72.6 Å². The SMILES string of the molecule is O=C(O)C(O)CCn1cn[nH]c1=O. The number of aryl methyl sites for hydroxylation is 1. The molecular weight excluding hydrogens is 178 g/mol. The quantitative estimate of drug-likeness (QED) is 0.526. The molecule has 0 fully saturated rings. The van der Waals surface area contributed by atoms with Crippen molar-refractivity contribution >= 4 is 5.97 Å². The van der Waals surface area contributed by atoms with E-state index in [0.29, 0.717) is 0 Å². The van der Waals surface area contributed by atoms with Crippen LogP contribution in [-0.2, 0) is 11.3 Å². The van der Waals surface area contributed by atoms with Gasteiger partial charge in [0.2, 0.25) is 0 Å². The summed E-state index contributed by atoms with van der Waals surface area (Å²) in [5.41, 5.74) is -0.419. The molecule has 0 radical (unpaired) electrons. The minimum Gasteiger partial charge on any atom is -0.479 e. The highest BCUT2D eigenvalue weighted by Gasteiger charge is 2.12. The largest absolute Gasteiger partial charge is 0.479 e. The number of carboxylic acid groups (broad SMARTS) is 1. The number of carbonyl (C=O) groups is 1. The zero-order valence-corrected chi connectivity index (χ0v) is 6.67. The van der Waals surface area contributed by atoms with Gasteiger partial charge < -0.3 is 10.2 Å². The van der Waals surface area contributed by atoms with E-state index in [1.165, 1.54) is 10.9 Å². The van der Waals surface area contributed by atoms with E-state index in [0.717, 1.165) is 0 Å². The van der Waals surface area contributed by atoms with Crippen LogP contribution in [0.5, 0.6) is 0 Å². The van der Waals surface area contributed by atoms with Gasteiger partial charge in [-0.25, -0.2) is 14.7 Å². The van der Waals surface area contributed by atoms with Crippen LogP contribution in [-0.4, -0.2) is 37.1 Å². The van der Waals surface area contributed by atoms with Crippen molar-refractivity contribution in [1.29, 1.82) is 0 Å². The minimum absolute atomic E-state index is 0.0191. The zero-order chi connectivity index (χ0) is 9.84. The van der Waals surface area contributed by atoms with Gasteiger partial charge in [-0.05, 0) is 0 Å². The average Bonchev–Trinajstić information content (AvgIpc) is 2.47. The van der Waals surface area contributed by atoms with Gasteiger partial charge in [0, 0.05) is 13.0 Å². The number of aliphatic hydroxyl groups is 1. The lowest BCUT2D eigenvalue weighted by Crippen LogP contribution is -2.24. The summed E-state index contributed by atoms with van der Waals surface area (Å²) in [7, 11) is 0. The maximum atomic E-state index is 10.8. The number of nitrogens with one attached hydrogen (secondary N) is 1. The predicted octanol–water partition coefficient (Wildman–Crippen LogP) is -1.59. The second-order valence-electron chi connectivity index (χ2n) is 2.50. The third-order valence-corrected chi connectivity index (χ3v) is 1.55. The van der Waals surface area contributed by atoms with Gasteiger partial charge in [-0.15, -0.1) is 0 Å². The molecular formula is C6H9N3O4. The van der Waals surface area contributed by atoms with E-state index in [1.807, 2.05) is 0 Å². The molecule has 0 bridgehead atoms. The van der Waals surface area contributed by atoms with Crippen LogP contribution in [0.2, 0.25) is 0 Å². The maximum Gasteiger partial charge on any atom is 0.343 e. The van der Waals surface area contributed by atoms with Gasteiger partial charge in [-0.3, -0.25) is 4.57 Å². The van der Waals surface area contributed by atoms with Gasteiger partial charge in [0.05, 0.1) is 0 Å². The fraction of sp³-hybridized carbons (Fsp3) is 0.500. The van der Waals surface area contributed by atoms with Crippen molar-refractivity contribution < 1.29 is 15.0 Å². The third kappa shape index (κ3) is 2.41. The van der Waals surface area contributed by atoms with Crippen molar-refractivity contribution in [2.75, 3.05) is 0 Å².